The minimum absolute atomic E-state index is 0.00908. The highest BCUT2D eigenvalue weighted by Gasteiger charge is 2.17. The highest BCUT2D eigenvalue weighted by Crippen LogP contribution is 2.21. The van der Waals surface area contributed by atoms with Gasteiger partial charge in [0.15, 0.2) is 0 Å². The van der Waals surface area contributed by atoms with E-state index in [0.29, 0.717) is 12.8 Å². The third kappa shape index (κ3) is 6.00. The first kappa shape index (κ1) is 19.2. The summed E-state index contributed by atoms with van der Waals surface area (Å²) in [6.45, 7) is 2.15. The molecule has 0 bridgehead atoms. The average molecular weight is 368 g/mol. The van der Waals surface area contributed by atoms with E-state index in [1.807, 2.05) is 48.5 Å². The van der Waals surface area contributed by atoms with Crippen molar-refractivity contribution in [2.75, 3.05) is 32.6 Å². The quantitative estimate of drug-likeness (QED) is 0.809. The van der Waals surface area contributed by atoms with Gasteiger partial charge in [-0.15, -0.1) is 0 Å². The van der Waals surface area contributed by atoms with Crippen LogP contribution in [0, 0.1) is 0 Å². The monoisotopic (exact) mass is 368 g/mol. The number of likely N-dealkylation sites (tertiary alicyclic amines) is 1. The Morgan fingerprint density at radius 2 is 1.67 bits per heavy atom. The van der Waals surface area contributed by atoms with Crippen molar-refractivity contribution in [3.05, 3.63) is 54.1 Å². The van der Waals surface area contributed by atoms with Crippen LogP contribution in [0.15, 0.2) is 48.5 Å². The van der Waals surface area contributed by atoms with Gasteiger partial charge in [-0.3, -0.25) is 4.79 Å². The Balaban J connectivity index is 1.43. The number of hydrogen-bond acceptors (Lipinski definition) is 4. The van der Waals surface area contributed by atoms with Crippen LogP contribution in [0.1, 0.15) is 24.8 Å². The summed E-state index contributed by atoms with van der Waals surface area (Å²) in [5.74, 6) is 1.70. The second-order valence-corrected chi connectivity index (χ2v) is 7.04. The van der Waals surface area contributed by atoms with Crippen molar-refractivity contribution in [1.82, 2.24) is 4.90 Å². The molecule has 0 saturated carbocycles. The normalized spacial score (nSPS) is 15.3. The van der Waals surface area contributed by atoms with Crippen molar-refractivity contribution in [1.29, 1.82) is 0 Å². The summed E-state index contributed by atoms with van der Waals surface area (Å²) < 4.78 is 11.2. The molecule has 1 amide bonds. The molecule has 1 N–H and O–H groups in total. The summed E-state index contributed by atoms with van der Waals surface area (Å²) in [5.41, 5.74) is 1.92. The number of nitrogens with one attached hydrogen (secondary N) is 1. The molecule has 144 valence electrons. The molecule has 27 heavy (non-hydrogen) atoms. The maximum absolute atomic E-state index is 12.2. The van der Waals surface area contributed by atoms with Crippen LogP contribution in [0.3, 0.4) is 0 Å². The van der Waals surface area contributed by atoms with Gasteiger partial charge < -0.3 is 19.7 Å². The average Bonchev–Trinajstić information content (AvgIpc) is 2.70. The minimum atomic E-state index is 0.00908. The molecule has 1 aliphatic rings. The Bertz CT molecular complexity index is 720. The van der Waals surface area contributed by atoms with Crippen molar-refractivity contribution < 1.29 is 14.3 Å². The Morgan fingerprint density at radius 1 is 1.04 bits per heavy atom. The standard InChI is InChI=1S/C22H28N2O3/c1-24-15-13-21(14-16-24)27-20-10-6-18(7-11-20)23-22(25)12-5-17-3-8-19(26-2)9-4-17/h3-4,6-11,21H,5,12-16H2,1-2H3,(H,23,25). The van der Waals surface area contributed by atoms with Gasteiger partial charge >= 0.3 is 0 Å². The second-order valence-electron chi connectivity index (χ2n) is 7.04. The number of aryl methyl sites for hydroxylation is 1. The molecule has 0 atom stereocenters. The summed E-state index contributed by atoms with van der Waals surface area (Å²) in [7, 11) is 3.79. The van der Waals surface area contributed by atoms with Crippen LogP contribution < -0.4 is 14.8 Å². The minimum Gasteiger partial charge on any atom is -0.497 e. The number of ether oxygens (including phenoxy) is 2. The lowest BCUT2D eigenvalue weighted by molar-refractivity contribution is -0.116. The van der Waals surface area contributed by atoms with Gasteiger partial charge in [-0.25, -0.2) is 0 Å². The van der Waals surface area contributed by atoms with Crippen LogP contribution in [0.5, 0.6) is 11.5 Å². The van der Waals surface area contributed by atoms with Gasteiger partial charge in [0.05, 0.1) is 7.11 Å². The number of hydrogen-bond donors (Lipinski definition) is 1. The maximum Gasteiger partial charge on any atom is 0.224 e. The number of piperidine rings is 1. The molecule has 0 aromatic heterocycles. The van der Waals surface area contributed by atoms with Crippen molar-refractivity contribution in [3.63, 3.8) is 0 Å². The van der Waals surface area contributed by atoms with E-state index < -0.39 is 0 Å². The number of amides is 1. The Kier molecular flexibility index (Phi) is 6.71. The molecular weight excluding hydrogens is 340 g/mol. The zero-order valence-electron chi connectivity index (χ0n) is 16.1. The van der Waals surface area contributed by atoms with Gasteiger partial charge in [-0.2, -0.15) is 0 Å². The lowest BCUT2D eigenvalue weighted by atomic mass is 10.1. The summed E-state index contributed by atoms with van der Waals surface area (Å²) in [6, 6.07) is 15.5. The summed E-state index contributed by atoms with van der Waals surface area (Å²) in [6.07, 6.45) is 3.54. The van der Waals surface area contributed by atoms with Gasteiger partial charge in [0, 0.05) is 25.2 Å². The van der Waals surface area contributed by atoms with Crippen molar-refractivity contribution in [2.45, 2.75) is 31.8 Å². The Labute approximate surface area is 161 Å². The van der Waals surface area contributed by atoms with Crippen LogP contribution in [-0.2, 0) is 11.2 Å². The summed E-state index contributed by atoms with van der Waals surface area (Å²) >= 11 is 0. The first-order valence-electron chi connectivity index (χ1n) is 9.50. The van der Waals surface area contributed by atoms with E-state index in [0.717, 1.165) is 48.7 Å². The molecule has 1 aliphatic heterocycles. The van der Waals surface area contributed by atoms with Crippen LogP contribution in [0.2, 0.25) is 0 Å². The molecule has 2 aromatic carbocycles. The fourth-order valence-electron chi connectivity index (χ4n) is 3.19. The van der Waals surface area contributed by atoms with Gasteiger partial charge in [0.2, 0.25) is 5.91 Å². The van der Waals surface area contributed by atoms with E-state index in [1.165, 1.54) is 0 Å². The predicted molar refractivity (Wildman–Crippen MR) is 108 cm³/mol. The molecule has 3 rings (SSSR count). The molecule has 5 nitrogen and oxygen atoms in total. The molecule has 0 radical (unpaired) electrons. The Morgan fingerprint density at radius 3 is 2.30 bits per heavy atom. The zero-order chi connectivity index (χ0) is 19.1. The number of nitrogens with zero attached hydrogens (tertiary/aromatic N) is 1. The largest absolute Gasteiger partial charge is 0.497 e. The number of benzene rings is 2. The van der Waals surface area contributed by atoms with Gasteiger partial charge in [-0.1, -0.05) is 12.1 Å². The van der Waals surface area contributed by atoms with Crippen LogP contribution in [0.4, 0.5) is 5.69 Å². The first-order chi connectivity index (χ1) is 13.1. The van der Waals surface area contributed by atoms with E-state index in [4.69, 9.17) is 9.47 Å². The number of carbonyl (C=O) groups is 1. The predicted octanol–water partition coefficient (Wildman–Crippen LogP) is 3.74. The van der Waals surface area contributed by atoms with Gasteiger partial charge in [0.1, 0.15) is 17.6 Å². The van der Waals surface area contributed by atoms with E-state index in [1.54, 1.807) is 7.11 Å². The number of carbonyl (C=O) groups excluding carboxylic acids is 1. The topological polar surface area (TPSA) is 50.8 Å². The zero-order valence-corrected chi connectivity index (χ0v) is 16.1. The van der Waals surface area contributed by atoms with Crippen LogP contribution >= 0.6 is 0 Å². The van der Waals surface area contributed by atoms with E-state index in [-0.39, 0.29) is 12.0 Å². The first-order valence-corrected chi connectivity index (χ1v) is 9.50. The van der Waals surface area contributed by atoms with E-state index in [2.05, 4.69) is 17.3 Å². The Hall–Kier alpha value is -2.53. The van der Waals surface area contributed by atoms with E-state index >= 15 is 0 Å². The number of anilines is 1. The second kappa shape index (κ2) is 9.42. The molecule has 1 fully saturated rings. The number of methoxy groups -OCH3 is 1. The molecule has 1 saturated heterocycles. The van der Waals surface area contributed by atoms with Crippen molar-refractivity contribution in [3.8, 4) is 11.5 Å². The number of rotatable bonds is 7. The molecule has 5 heteroatoms. The summed E-state index contributed by atoms with van der Waals surface area (Å²) in [4.78, 5) is 14.5. The van der Waals surface area contributed by atoms with E-state index in [9.17, 15) is 4.79 Å². The summed E-state index contributed by atoms with van der Waals surface area (Å²) in [5, 5.41) is 2.95. The fraction of sp³-hybridized carbons (Fsp3) is 0.409. The lowest BCUT2D eigenvalue weighted by Crippen LogP contribution is -2.35. The van der Waals surface area contributed by atoms with Crippen molar-refractivity contribution in [2.24, 2.45) is 0 Å². The maximum atomic E-state index is 12.2. The molecular formula is C22H28N2O3. The van der Waals surface area contributed by atoms with Crippen molar-refractivity contribution >= 4 is 11.6 Å². The highest BCUT2D eigenvalue weighted by molar-refractivity contribution is 5.90. The molecule has 0 aliphatic carbocycles. The lowest BCUT2D eigenvalue weighted by Gasteiger charge is -2.29. The third-order valence-electron chi connectivity index (χ3n) is 4.91. The van der Waals surface area contributed by atoms with Gasteiger partial charge in [0.25, 0.3) is 0 Å². The molecule has 1 heterocycles. The van der Waals surface area contributed by atoms with Gasteiger partial charge in [-0.05, 0) is 68.3 Å². The smallest absolute Gasteiger partial charge is 0.224 e. The SMILES string of the molecule is COc1ccc(CCC(=O)Nc2ccc(OC3CCN(C)CC3)cc2)cc1. The van der Waals surface area contributed by atoms with Crippen LogP contribution in [-0.4, -0.2) is 44.2 Å². The van der Waals surface area contributed by atoms with Crippen LogP contribution in [0.25, 0.3) is 0 Å². The fourth-order valence-corrected chi connectivity index (χ4v) is 3.19. The molecule has 0 spiro atoms. The molecule has 2 aromatic rings. The third-order valence-corrected chi connectivity index (χ3v) is 4.91. The highest BCUT2D eigenvalue weighted by atomic mass is 16.5. The molecule has 0 unspecified atom stereocenters.